The van der Waals surface area contributed by atoms with Gasteiger partial charge < -0.3 is 14.6 Å². The number of halogens is 1. The highest BCUT2D eigenvalue weighted by atomic mass is 35.5. The van der Waals surface area contributed by atoms with Crippen LogP contribution in [0.2, 0.25) is 5.02 Å². The Labute approximate surface area is 157 Å². The molecule has 1 aromatic carbocycles. The molecule has 1 amide bonds. The Morgan fingerprint density at radius 3 is 2.96 bits per heavy atom. The molecular formula is C20H22ClN3O2. The molecule has 0 unspecified atom stereocenters. The summed E-state index contributed by atoms with van der Waals surface area (Å²) >= 11 is 6.50. The number of benzene rings is 1. The van der Waals surface area contributed by atoms with Crippen LogP contribution in [0.15, 0.2) is 36.7 Å². The molecule has 0 aliphatic carbocycles. The topological polar surface area (TPSA) is 56.1 Å². The Bertz CT molecular complexity index is 950. The van der Waals surface area contributed by atoms with Crippen molar-refractivity contribution in [2.45, 2.75) is 26.7 Å². The maximum Gasteiger partial charge on any atom is 0.258 e. The lowest BCUT2D eigenvalue weighted by molar-refractivity contribution is 0.102. The van der Waals surface area contributed by atoms with Gasteiger partial charge in [-0.1, -0.05) is 31.0 Å². The maximum absolute atomic E-state index is 12.7. The summed E-state index contributed by atoms with van der Waals surface area (Å²) in [5, 5.41) is 4.09. The molecule has 0 bridgehead atoms. The molecule has 0 aliphatic rings. The van der Waals surface area contributed by atoms with Gasteiger partial charge in [0.2, 0.25) is 0 Å². The second-order valence-electron chi connectivity index (χ2n) is 6.29. The molecule has 0 spiro atoms. The van der Waals surface area contributed by atoms with Crippen molar-refractivity contribution < 1.29 is 9.53 Å². The number of carbonyl (C=O) groups excluding carboxylic acids is 1. The van der Waals surface area contributed by atoms with E-state index in [1.165, 1.54) is 6.20 Å². The van der Waals surface area contributed by atoms with Crippen molar-refractivity contribution in [3.05, 3.63) is 52.8 Å². The van der Waals surface area contributed by atoms with Gasteiger partial charge in [0.1, 0.15) is 11.4 Å². The van der Waals surface area contributed by atoms with E-state index in [0.29, 0.717) is 22.9 Å². The van der Waals surface area contributed by atoms with Gasteiger partial charge in [0.15, 0.2) is 0 Å². The van der Waals surface area contributed by atoms with Crippen LogP contribution < -0.4 is 10.1 Å². The normalized spacial score (nSPS) is 10.9. The van der Waals surface area contributed by atoms with Crippen molar-refractivity contribution in [1.29, 1.82) is 0 Å². The maximum atomic E-state index is 12.7. The number of nitrogens with one attached hydrogen (secondary N) is 1. The highest BCUT2D eigenvalue weighted by Gasteiger charge is 2.17. The van der Waals surface area contributed by atoms with E-state index < -0.39 is 0 Å². The van der Waals surface area contributed by atoms with E-state index in [1.54, 1.807) is 6.07 Å². The zero-order chi connectivity index (χ0) is 18.7. The predicted octanol–water partition coefficient (Wildman–Crippen LogP) is 4.97. The van der Waals surface area contributed by atoms with Gasteiger partial charge >= 0.3 is 0 Å². The zero-order valence-electron chi connectivity index (χ0n) is 15.2. The molecule has 136 valence electrons. The van der Waals surface area contributed by atoms with Crippen LogP contribution in [0, 0.1) is 6.92 Å². The van der Waals surface area contributed by atoms with E-state index in [9.17, 15) is 4.79 Å². The molecule has 0 atom stereocenters. The van der Waals surface area contributed by atoms with Crippen molar-refractivity contribution in [2.75, 3.05) is 11.9 Å². The molecule has 2 heterocycles. The first kappa shape index (κ1) is 18.3. The second-order valence-corrected chi connectivity index (χ2v) is 6.67. The van der Waals surface area contributed by atoms with Crippen LogP contribution in [0.25, 0.3) is 11.0 Å². The fourth-order valence-electron chi connectivity index (χ4n) is 2.87. The van der Waals surface area contributed by atoms with Crippen LogP contribution in [0.5, 0.6) is 5.75 Å². The SMILES string of the molecule is CCCCOc1cccc(NC(=O)c2cnc3c(c(C)cn3C)c2Cl)c1. The molecule has 2 aromatic heterocycles. The number of amides is 1. The average Bonchev–Trinajstić information content (AvgIpc) is 2.90. The lowest BCUT2D eigenvalue weighted by Crippen LogP contribution is -2.13. The summed E-state index contributed by atoms with van der Waals surface area (Å²) < 4.78 is 7.58. The number of unbranched alkanes of at least 4 members (excludes halogenated alkanes) is 1. The first-order valence-electron chi connectivity index (χ1n) is 8.65. The molecule has 26 heavy (non-hydrogen) atoms. The standard InChI is InChI=1S/C20H22ClN3O2/c1-4-5-9-26-15-8-6-7-14(10-15)23-20(25)16-11-22-19-17(18(16)21)13(2)12-24(19)3/h6-8,10-12H,4-5,9H2,1-3H3,(H,23,25). The number of aromatic nitrogens is 2. The van der Waals surface area contributed by atoms with Crippen molar-refractivity contribution >= 4 is 34.2 Å². The van der Waals surface area contributed by atoms with Crippen LogP contribution in [0.4, 0.5) is 5.69 Å². The number of pyridine rings is 1. The van der Waals surface area contributed by atoms with Crippen LogP contribution >= 0.6 is 11.6 Å². The van der Waals surface area contributed by atoms with Crippen LogP contribution in [-0.2, 0) is 7.05 Å². The van der Waals surface area contributed by atoms with E-state index in [-0.39, 0.29) is 5.91 Å². The van der Waals surface area contributed by atoms with Gasteiger partial charge in [-0.25, -0.2) is 4.98 Å². The number of ether oxygens (including phenoxy) is 1. The van der Waals surface area contributed by atoms with Gasteiger partial charge in [-0.15, -0.1) is 0 Å². The molecule has 0 saturated heterocycles. The van der Waals surface area contributed by atoms with Gasteiger partial charge in [0.25, 0.3) is 5.91 Å². The molecule has 1 N–H and O–H groups in total. The molecule has 3 rings (SSSR count). The minimum absolute atomic E-state index is 0.293. The fraction of sp³-hybridized carbons (Fsp3) is 0.300. The monoisotopic (exact) mass is 371 g/mol. The van der Waals surface area contributed by atoms with Crippen LogP contribution in [0.3, 0.4) is 0 Å². The summed E-state index contributed by atoms with van der Waals surface area (Å²) in [5.74, 6) is 0.438. The van der Waals surface area contributed by atoms with E-state index >= 15 is 0 Å². The highest BCUT2D eigenvalue weighted by Crippen LogP contribution is 2.30. The largest absolute Gasteiger partial charge is 0.494 e. The molecule has 6 heteroatoms. The van der Waals surface area contributed by atoms with Crippen LogP contribution in [-0.4, -0.2) is 22.1 Å². The number of nitrogens with zero attached hydrogens (tertiary/aromatic N) is 2. The Morgan fingerprint density at radius 2 is 2.19 bits per heavy atom. The average molecular weight is 372 g/mol. The van der Waals surface area contributed by atoms with Gasteiger partial charge in [0, 0.05) is 36.6 Å². The Hall–Kier alpha value is -2.53. The summed E-state index contributed by atoms with van der Waals surface area (Å²) in [4.78, 5) is 17.1. The van der Waals surface area contributed by atoms with Gasteiger partial charge in [-0.2, -0.15) is 0 Å². The summed E-state index contributed by atoms with van der Waals surface area (Å²) in [7, 11) is 1.91. The third-order valence-corrected chi connectivity index (χ3v) is 4.61. The molecule has 0 radical (unpaired) electrons. The summed E-state index contributed by atoms with van der Waals surface area (Å²) in [6.45, 7) is 4.73. The minimum Gasteiger partial charge on any atom is -0.494 e. The quantitative estimate of drug-likeness (QED) is 0.622. The fourth-order valence-corrected chi connectivity index (χ4v) is 3.24. The van der Waals surface area contributed by atoms with Crippen LogP contribution in [0.1, 0.15) is 35.7 Å². The van der Waals surface area contributed by atoms with Gasteiger partial charge in [-0.05, 0) is 31.0 Å². The number of rotatable bonds is 6. The molecule has 0 aliphatic heterocycles. The number of aryl methyl sites for hydroxylation is 2. The third kappa shape index (κ3) is 3.68. The lowest BCUT2D eigenvalue weighted by Gasteiger charge is -2.10. The number of fused-ring (bicyclic) bond motifs is 1. The summed E-state index contributed by atoms with van der Waals surface area (Å²) in [5.41, 5.74) is 2.76. The second kappa shape index (κ2) is 7.79. The number of carbonyl (C=O) groups is 1. The smallest absolute Gasteiger partial charge is 0.258 e. The molecule has 0 saturated carbocycles. The van der Waals surface area contributed by atoms with Gasteiger partial charge in [0.05, 0.1) is 17.2 Å². The predicted molar refractivity (Wildman–Crippen MR) is 105 cm³/mol. The van der Waals surface area contributed by atoms with Crippen molar-refractivity contribution in [3.63, 3.8) is 0 Å². The van der Waals surface area contributed by atoms with E-state index in [0.717, 1.165) is 35.2 Å². The Balaban J connectivity index is 1.82. The molecule has 0 fully saturated rings. The highest BCUT2D eigenvalue weighted by molar-refractivity contribution is 6.39. The van der Waals surface area contributed by atoms with Crippen molar-refractivity contribution in [2.24, 2.45) is 7.05 Å². The third-order valence-electron chi connectivity index (χ3n) is 4.21. The number of anilines is 1. The Kier molecular flexibility index (Phi) is 5.47. The first-order valence-corrected chi connectivity index (χ1v) is 9.03. The first-order chi connectivity index (χ1) is 12.5. The number of hydrogen-bond acceptors (Lipinski definition) is 3. The van der Waals surface area contributed by atoms with Crippen molar-refractivity contribution in [3.8, 4) is 5.75 Å². The molecule has 5 nitrogen and oxygen atoms in total. The summed E-state index contributed by atoms with van der Waals surface area (Å²) in [6, 6.07) is 7.35. The van der Waals surface area contributed by atoms with Gasteiger partial charge in [-0.3, -0.25) is 4.79 Å². The van der Waals surface area contributed by atoms with E-state index in [1.807, 2.05) is 42.9 Å². The molecular weight excluding hydrogens is 350 g/mol. The van der Waals surface area contributed by atoms with E-state index in [2.05, 4.69) is 17.2 Å². The van der Waals surface area contributed by atoms with Crippen molar-refractivity contribution in [1.82, 2.24) is 9.55 Å². The Morgan fingerprint density at radius 1 is 1.38 bits per heavy atom. The number of hydrogen-bond donors (Lipinski definition) is 1. The zero-order valence-corrected chi connectivity index (χ0v) is 15.9. The molecule has 3 aromatic rings. The van der Waals surface area contributed by atoms with E-state index in [4.69, 9.17) is 16.3 Å². The minimum atomic E-state index is -0.293. The summed E-state index contributed by atoms with van der Waals surface area (Å²) in [6.07, 6.45) is 5.53. The lowest BCUT2D eigenvalue weighted by atomic mass is 10.1.